The fourth-order valence-electron chi connectivity index (χ4n) is 2.91. The summed E-state index contributed by atoms with van der Waals surface area (Å²) in [6.45, 7) is 4.86. The van der Waals surface area contributed by atoms with Crippen LogP contribution in [-0.4, -0.2) is 25.7 Å². The zero-order chi connectivity index (χ0) is 17.5. The first-order valence-corrected chi connectivity index (χ1v) is 8.65. The normalized spacial score (nSPS) is 19.2. The summed E-state index contributed by atoms with van der Waals surface area (Å²) < 4.78 is 5.70. The summed E-state index contributed by atoms with van der Waals surface area (Å²) in [5.41, 5.74) is 2.49. The van der Waals surface area contributed by atoms with Gasteiger partial charge in [-0.25, -0.2) is 0 Å². The van der Waals surface area contributed by atoms with Gasteiger partial charge in [-0.15, -0.1) is 0 Å². The zero-order valence-electron chi connectivity index (χ0n) is 14.6. The van der Waals surface area contributed by atoms with Gasteiger partial charge >= 0.3 is 0 Å². The van der Waals surface area contributed by atoms with E-state index in [1.165, 1.54) is 5.56 Å². The molecule has 0 bridgehead atoms. The average Bonchev–Trinajstić information content (AvgIpc) is 3.44. The van der Waals surface area contributed by atoms with Gasteiger partial charge in [-0.05, 0) is 18.1 Å². The van der Waals surface area contributed by atoms with Gasteiger partial charge in [-0.1, -0.05) is 61.2 Å². The van der Waals surface area contributed by atoms with Crippen molar-refractivity contribution < 1.29 is 4.74 Å². The third-order valence-corrected chi connectivity index (χ3v) is 4.34. The Morgan fingerprint density at radius 1 is 1.20 bits per heavy atom. The number of hydrogen-bond acceptors (Lipinski definition) is 2. The van der Waals surface area contributed by atoms with Crippen LogP contribution in [0.15, 0.2) is 72.2 Å². The molecule has 3 rings (SSSR count). The number of nitrogens with zero attached hydrogens (tertiary/aromatic N) is 1. The lowest BCUT2D eigenvalue weighted by Gasteiger charge is -2.14. The Bertz CT molecular complexity index is 727. The fraction of sp³-hybridized carbons (Fsp3) is 0.286. The Kier molecular flexibility index (Phi) is 5.73. The fourth-order valence-corrected chi connectivity index (χ4v) is 2.91. The van der Waals surface area contributed by atoms with Gasteiger partial charge < -0.3 is 15.4 Å². The van der Waals surface area contributed by atoms with Gasteiger partial charge in [0, 0.05) is 31.1 Å². The average molecular weight is 335 g/mol. The Balaban J connectivity index is 1.53. The summed E-state index contributed by atoms with van der Waals surface area (Å²) in [7, 11) is 1.80. The minimum absolute atomic E-state index is 0.445. The predicted octanol–water partition coefficient (Wildman–Crippen LogP) is 3.47. The van der Waals surface area contributed by atoms with Gasteiger partial charge in [0.05, 0.1) is 0 Å². The summed E-state index contributed by atoms with van der Waals surface area (Å²) in [5.74, 6) is 2.27. The molecule has 0 amide bonds. The number of aliphatic imine (C=N–C) groups is 1. The topological polar surface area (TPSA) is 45.6 Å². The molecule has 1 saturated carbocycles. The molecule has 0 radical (unpaired) electrons. The van der Waals surface area contributed by atoms with Crippen molar-refractivity contribution in [2.75, 3.05) is 13.7 Å². The van der Waals surface area contributed by atoms with Gasteiger partial charge in [0.2, 0.25) is 0 Å². The number of para-hydroxylation sites is 1. The van der Waals surface area contributed by atoms with Crippen LogP contribution < -0.4 is 15.4 Å². The summed E-state index contributed by atoms with van der Waals surface area (Å²) in [4.78, 5) is 4.34. The van der Waals surface area contributed by atoms with Crippen molar-refractivity contribution in [2.24, 2.45) is 4.99 Å². The molecule has 2 atom stereocenters. The van der Waals surface area contributed by atoms with Crippen molar-refractivity contribution in [1.29, 1.82) is 0 Å². The molecule has 130 valence electrons. The van der Waals surface area contributed by atoms with Crippen LogP contribution >= 0.6 is 0 Å². The largest absolute Gasteiger partial charge is 0.489 e. The summed E-state index contributed by atoms with van der Waals surface area (Å²) in [5, 5.41) is 6.88. The lowest BCUT2D eigenvalue weighted by molar-refractivity contribution is 0.358. The second-order valence-corrected chi connectivity index (χ2v) is 6.14. The molecule has 0 heterocycles. The number of benzene rings is 2. The van der Waals surface area contributed by atoms with Crippen LogP contribution in [0.2, 0.25) is 0 Å². The van der Waals surface area contributed by atoms with Crippen LogP contribution in [0.1, 0.15) is 23.5 Å². The van der Waals surface area contributed by atoms with Crippen LogP contribution in [0.5, 0.6) is 5.75 Å². The molecule has 1 aliphatic rings. The molecule has 0 aromatic heterocycles. The molecule has 1 aliphatic carbocycles. The molecule has 4 heteroatoms. The molecule has 25 heavy (non-hydrogen) atoms. The highest BCUT2D eigenvalue weighted by Gasteiger charge is 2.38. The number of hydrogen-bond donors (Lipinski definition) is 2. The monoisotopic (exact) mass is 335 g/mol. The third-order valence-electron chi connectivity index (χ3n) is 4.34. The Morgan fingerprint density at radius 2 is 1.96 bits per heavy atom. The quantitative estimate of drug-likeness (QED) is 0.463. The van der Waals surface area contributed by atoms with Crippen LogP contribution in [-0.2, 0) is 6.54 Å². The van der Waals surface area contributed by atoms with Gasteiger partial charge in [-0.2, -0.15) is 0 Å². The predicted molar refractivity (Wildman–Crippen MR) is 103 cm³/mol. The van der Waals surface area contributed by atoms with Crippen LogP contribution in [0.25, 0.3) is 0 Å². The van der Waals surface area contributed by atoms with Crippen molar-refractivity contribution in [3.63, 3.8) is 0 Å². The number of rotatable bonds is 7. The first-order valence-electron chi connectivity index (χ1n) is 8.65. The van der Waals surface area contributed by atoms with E-state index in [0.717, 1.165) is 23.7 Å². The molecule has 1 fully saturated rings. The van der Waals surface area contributed by atoms with Crippen LogP contribution in [0.4, 0.5) is 0 Å². The summed E-state index contributed by atoms with van der Waals surface area (Å²) >= 11 is 0. The van der Waals surface area contributed by atoms with Gasteiger partial charge in [0.1, 0.15) is 12.4 Å². The molecule has 2 aromatic carbocycles. The maximum atomic E-state index is 5.70. The van der Waals surface area contributed by atoms with E-state index >= 15 is 0 Å². The standard InChI is InChI=1S/C21H25N3O/c1-3-13-25-20-12-8-7-11-17(20)15-23-21(22-2)24-19-14-18(19)16-9-5-4-6-10-16/h3-12,18-19H,1,13-15H2,2H3,(H2,22,23,24). The van der Waals surface area contributed by atoms with E-state index in [2.05, 4.69) is 58.6 Å². The van der Waals surface area contributed by atoms with Crippen molar-refractivity contribution in [2.45, 2.75) is 24.9 Å². The van der Waals surface area contributed by atoms with E-state index in [-0.39, 0.29) is 0 Å². The molecule has 0 spiro atoms. The Labute approximate surface area is 149 Å². The van der Waals surface area contributed by atoms with E-state index < -0.39 is 0 Å². The molecule has 0 aliphatic heterocycles. The molecular formula is C21H25N3O. The second-order valence-electron chi connectivity index (χ2n) is 6.14. The highest BCUT2D eigenvalue weighted by atomic mass is 16.5. The first kappa shape index (κ1) is 17.1. The minimum atomic E-state index is 0.445. The van der Waals surface area contributed by atoms with Gasteiger partial charge in [0.15, 0.2) is 5.96 Å². The van der Waals surface area contributed by atoms with Crippen LogP contribution in [0, 0.1) is 0 Å². The van der Waals surface area contributed by atoms with Crippen molar-refractivity contribution in [3.05, 3.63) is 78.4 Å². The van der Waals surface area contributed by atoms with E-state index in [4.69, 9.17) is 4.74 Å². The SMILES string of the molecule is C=CCOc1ccccc1CNC(=NC)NC1CC1c1ccccc1. The molecule has 2 N–H and O–H groups in total. The molecule has 4 nitrogen and oxygen atoms in total. The van der Waals surface area contributed by atoms with Crippen molar-refractivity contribution >= 4 is 5.96 Å². The summed E-state index contributed by atoms with van der Waals surface area (Å²) in [6.07, 6.45) is 2.89. The van der Waals surface area contributed by atoms with E-state index in [1.807, 2.05) is 18.2 Å². The first-order chi connectivity index (χ1) is 12.3. The van der Waals surface area contributed by atoms with E-state index in [1.54, 1.807) is 13.1 Å². The van der Waals surface area contributed by atoms with Gasteiger partial charge in [0.25, 0.3) is 0 Å². The highest BCUT2D eigenvalue weighted by molar-refractivity contribution is 5.80. The van der Waals surface area contributed by atoms with Gasteiger partial charge in [-0.3, -0.25) is 4.99 Å². The van der Waals surface area contributed by atoms with Crippen molar-refractivity contribution in [1.82, 2.24) is 10.6 Å². The number of nitrogens with one attached hydrogen (secondary N) is 2. The number of ether oxygens (including phenoxy) is 1. The van der Waals surface area contributed by atoms with E-state index in [0.29, 0.717) is 25.1 Å². The molecule has 2 unspecified atom stereocenters. The molecule has 2 aromatic rings. The molecule has 0 saturated heterocycles. The summed E-state index contributed by atoms with van der Waals surface area (Å²) in [6, 6.07) is 19.1. The lowest BCUT2D eigenvalue weighted by atomic mass is 10.1. The third kappa shape index (κ3) is 4.63. The number of guanidine groups is 1. The lowest BCUT2D eigenvalue weighted by Crippen LogP contribution is -2.38. The second kappa shape index (κ2) is 8.38. The molecular weight excluding hydrogens is 310 g/mol. The minimum Gasteiger partial charge on any atom is -0.489 e. The maximum absolute atomic E-state index is 5.70. The maximum Gasteiger partial charge on any atom is 0.191 e. The van der Waals surface area contributed by atoms with Crippen LogP contribution in [0.3, 0.4) is 0 Å². The highest BCUT2D eigenvalue weighted by Crippen LogP contribution is 2.40. The van der Waals surface area contributed by atoms with E-state index in [9.17, 15) is 0 Å². The Hall–Kier alpha value is -2.75. The smallest absolute Gasteiger partial charge is 0.191 e. The zero-order valence-corrected chi connectivity index (χ0v) is 14.6. The Morgan fingerprint density at radius 3 is 2.72 bits per heavy atom. The van der Waals surface area contributed by atoms with Crippen molar-refractivity contribution in [3.8, 4) is 5.75 Å².